The fraction of sp³-hybridized carbons (Fsp3) is 0.542. The van der Waals surface area contributed by atoms with Crippen LogP contribution in [0.25, 0.3) is 0 Å². The second-order valence-corrected chi connectivity index (χ2v) is 8.39. The highest BCUT2D eigenvalue weighted by atomic mass is 19.4. The predicted molar refractivity (Wildman–Crippen MR) is 126 cm³/mol. The van der Waals surface area contributed by atoms with E-state index >= 15 is 0 Å². The van der Waals surface area contributed by atoms with Gasteiger partial charge in [0.05, 0.1) is 30.2 Å². The molecule has 1 unspecified atom stereocenters. The molecule has 202 valence electrons. The van der Waals surface area contributed by atoms with Crippen LogP contribution in [-0.2, 0) is 20.7 Å². The Balaban J connectivity index is 1.49. The van der Waals surface area contributed by atoms with Crippen LogP contribution in [0.15, 0.2) is 30.7 Å². The van der Waals surface area contributed by atoms with Crippen molar-refractivity contribution in [2.75, 3.05) is 38.3 Å². The highest BCUT2D eigenvalue weighted by Crippen LogP contribution is 2.25. The van der Waals surface area contributed by atoms with E-state index in [1.165, 1.54) is 23.2 Å². The number of alkyl halides is 3. The van der Waals surface area contributed by atoms with Gasteiger partial charge in [0, 0.05) is 32.0 Å². The largest absolute Gasteiger partial charge is 0.479 e. The third-order valence-electron chi connectivity index (χ3n) is 5.67. The Kier molecular flexibility index (Phi) is 10.0. The molecule has 0 saturated carbocycles. The van der Waals surface area contributed by atoms with Gasteiger partial charge in [0.2, 0.25) is 5.88 Å². The molecular weight excluding hydrogens is 495 g/mol. The average molecular weight is 526 g/mol. The molecule has 0 aliphatic carbocycles. The van der Waals surface area contributed by atoms with Gasteiger partial charge in [-0.3, -0.25) is 9.59 Å². The number of carbonyl (C=O) groups is 2. The number of hydrogen-bond donors (Lipinski definition) is 1. The van der Waals surface area contributed by atoms with Crippen molar-refractivity contribution in [1.29, 1.82) is 0 Å². The quantitative estimate of drug-likeness (QED) is 0.311. The highest BCUT2D eigenvalue weighted by Gasteiger charge is 2.35. The zero-order valence-corrected chi connectivity index (χ0v) is 20.7. The first-order valence-electron chi connectivity index (χ1n) is 12.0. The van der Waals surface area contributed by atoms with E-state index in [1.807, 2.05) is 6.92 Å². The van der Waals surface area contributed by atoms with E-state index in [0.29, 0.717) is 56.9 Å². The number of carbonyl (C=O) groups excluding carboxylic acids is 2. The van der Waals surface area contributed by atoms with Crippen LogP contribution in [0.2, 0.25) is 0 Å². The molecule has 1 aliphatic rings. The predicted octanol–water partition coefficient (Wildman–Crippen LogP) is 2.72. The fourth-order valence-corrected chi connectivity index (χ4v) is 3.64. The van der Waals surface area contributed by atoms with Crippen LogP contribution >= 0.6 is 0 Å². The van der Waals surface area contributed by atoms with Crippen LogP contribution in [0.5, 0.6) is 11.6 Å². The van der Waals surface area contributed by atoms with E-state index in [4.69, 9.17) is 9.47 Å². The number of amides is 1. The highest BCUT2D eigenvalue weighted by molar-refractivity contribution is 5.98. The number of anilines is 1. The molecule has 0 aromatic carbocycles. The minimum atomic E-state index is -4.46. The summed E-state index contributed by atoms with van der Waals surface area (Å²) < 4.78 is 52.2. The van der Waals surface area contributed by atoms with Gasteiger partial charge in [-0.25, -0.2) is 15.0 Å². The standard InChI is InChI=1S/C24H30F3N5O5/c1-3-16(23(34)35-11-9-28-2)4-6-20-29-12-17(13-30-20)32-10-8-19(22(32)33)37-18-5-7-21(31-14-18)36-15-24(25,26)27/h5,7,12-14,16,19,28H,3-4,6,8-11,15H2,1-2H3/t16?,19-/m1/s1. The van der Waals surface area contributed by atoms with Crippen LogP contribution in [-0.4, -0.2) is 72.5 Å². The van der Waals surface area contributed by atoms with Gasteiger partial charge >= 0.3 is 12.1 Å². The molecule has 2 aromatic rings. The summed E-state index contributed by atoms with van der Waals surface area (Å²) in [6.45, 7) is 1.79. The molecule has 1 amide bonds. The monoisotopic (exact) mass is 525 g/mol. The first-order chi connectivity index (χ1) is 17.7. The Morgan fingerprint density at radius 3 is 2.59 bits per heavy atom. The van der Waals surface area contributed by atoms with Crippen LogP contribution in [0, 0.1) is 5.92 Å². The molecule has 10 nitrogen and oxygen atoms in total. The van der Waals surface area contributed by atoms with E-state index in [2.05, 4.69) is 25.0 Å². The van der Waals surface area contributed by atoms with Gasteiger partial charge in [-0.1, -0.05) is 6.92 Å². The Morgan fingerprint density at radius 2 is 1.97 bits per heavy atom. The first kappa shape index (κ1) is 28.1. The molecule has 1 aliphatic heterocycles. The molecule has 1 saturated heterocycles. The van der Waals surface area contributed by atoms with E-state index in [-0.39, 0.29) is 29.4 Å². The van der Waals surface area contributed by atoms with Crippen molar-refractivity contribution in [2.45, 2.75) is 44.9 Å². The number of esters is 1. The number of hydrogen-bond acceptors (Lipinski definition) is 9. The maximum Gasteiger partial charge on any atom is 0.422 e. The molecule has 0 spiro atoms. The van der Waals surface area contributed by atoms with Crippen molar-refractivity contribution in [1.82, 2.24) is 20.3 Å². The van der Waals surface area contributed by atoms with Gasteiger partial charge in [-0.2, -0.15) is 13.2 Å². The third-order valence-corrected chi connectivity index (χ3v) is 5.67. The van der Waals surface area contributed by atoms with Gasteiger partial charge in [-0.15, -0.1) is 0 Å². The van der Waals surface area contributed by atoms with Crippen LogP contribution in [0.1, 0.15) is 32.0 Å². The lowest BCUT2D eigenvalue weighted by Crippen LogP contribution is -2.32. The van der Waals surface area contributed by atoms with Crippen molar-refractivity contribution in [3.63, 3.8) is 0 Å². The van der Waals surface area contributed by atoms with E-state index in [1.54, 1.807) is 19.4 Å². The minimum Gasteiger partial charge on any atom is -0.479 e. The molecule has 2 atom stereocenters. The summed E-state index contributed by atoms with van der Waals surface area (Å²) in [5, 5.41) is 2.92. The SMILES string of the molecule is CCC(CCc1ncc(N2CC[C@@H](Oc3ccc(OCC(F)(F)F)nc3)C2=O)cn1)C(=O)OCCNC. The summed E-state index contributed by atoms with van der Waals surface area (Å²) in [6.07, 6.45) is 1.20. The second-order valence-electron chi connectivity index (χ2n) is 8.39. The zero-order valence-electron chi connectivity index (χ0n) is 20.7. The molecule has 0 bridgehead atoms. The van der Waals surface area contributed by atoms with Gasteiger partial charge in [0.15, 0.2) is 12.7 Å². The maximum atomic E-state index is 12.8. The number of halogens is 3. The lowest BCUT2D eigenvalue weighted by molar-refractivity contribution is -0.154. The molecule has 37 heavy (non-hydrogen) atoms. The summed E-state index contributed by atoms with van der Waals surface area (Å²) in [6, 6.07) is 2.64. The first-order valence-corrected chi connectivity index (χ1v) is 12.0. The Morgan fingerprint density at radius 1 is 1.22 bits per heavy atom. The van der Waals surface area contributed by atoms with Crippen molar-refractivity contribution in [2.24, 2.45) is 5.92 Å². The molecule has 1 N–H and O–H groups in total. The second kappa shape index (κ2) is 13.2. The summed E-state index contributed by atoms with van der Waals surface area (Å²) in [5.41, 5.74) is 0.521. The molecule has 3 rings (SSSR count). The topological polar surface area (TPSA) is 116 Å². The van der Waals surface area contributed by atoms with Crippen molar-refractivity contribution in [3.8, 4) is 11.6 Å². The maximum absolute atomic E-state index is 12.8. The summed E-state index contributed by atoms with van der Waals surface area (Å²) >= 11 is 0. The van der Waals surface area contributed by atoms with Gasteiger partial charge in [-0.05, 0) is 26.0 Å². The van der Waals surface area contributed by atoms with Crippen molar-refractivity contribution >= 4 is 17.6 Å². The number of aromatic nitrogens is 3. The molecule has 0 radical (unpaired) electrons. The Bertz CT molecular complexity index is 1020. The zero-order chi connectivity index (χ0) is 26.8. The summed E-state index contributed by atoms with van der Waals surface area (Å²) in [5.74, 6) is -0.161. The number of pyridine rings is 1. The fourth-order valence-electron chi connectivity index (χ4n) is 3.64. The molecular formula is C24H30F3N5O5. The molecule has 1 fully saturated rings. The lowest BCUT2D eigenvalue weighted by atomic mass is 10.0. The average Bonchev–Trinajstić information content (AvgIpc) is 3.23. The summed E-state index contributed by atoms with van der Waals surface area (Å²) in [4.78, 5) is 39.0. The van der Waals surface area contributed by atoms with Crippen LogP contribution < -0.4 is 19.7 Å². The van der Waals surface area contributed by atoms with Gasteiger partial charge in [0.25, 0.3) is 5.91 Å². The van der Waals surface area contributed by atoms with E-state index < -0.39 is 18.9 Å². The van der Waals surface area contributed by atoms with E-state index in [9.17, 15) is 22.8 Å². The number of likely N-dealkylation sites (N-methyl/N-ethyl adjacent to an activating group) is 1. The van der Waals surface area contributed by atoms with Crippen molar-refractivity contribution < 1.29 is 37.0 Å². The third kappa shape index (κ3) is 8.55. The van der Waals surface area contributed by atoms with Crippen LogP contribution in [0.3, 0.4) is 0 Å². The van der Waals surface area contributed by atoms with Crippen LogP contribution in [0.4, 0.5) is 18.9 Å². The minimum absolute atomic E-state index is 0.197. The molecule has 3 heterocycles. The van der Waals surface area contributed by atoms with Crippen molar-refractivity contribution in [3.05, 3.63) is 36.5 Å². The molecule has 2 aromatic heterocycles. The number of aryl methyl sites for hydroxylation is 1. The number of nitrogens with zero attached hydrogens (tertiary/aromatic N) is 4. The van der Waals surface area contributed by atoms with Gasteiger partial charge < -0.3 is 24.4 Å². The normalized spacial score (nSPS) is 16.5. The van der Waals surface area contributed by atoms with E-state index in [0.717, 1.165) is 0 Å². The summed E-state index contributed by atoms with van der Waals surface area (Å²) in [7, 11) is 1.79. The molecule has 13 heteroatoms. The van der Waals surface area contributed by atoms with Gasteiger partial charge in [0.1, 0.15) is 18.2 Å². The number of nitrogens with one attached hydrogen (secondary N) is 1. The number of ether oxygens (including phenoxy) is 3. The smallest absolute Gasteiger partial charge is 0.422 e. The number of rotatable bonds is 13. The Hall–Kier alpha value is -3.48. The Labute approximate surface area is 212 Å². The lowest BCUT2D eigenvalue weighted by Gasteiger charge is -2.17.